The van der Waals surface area contributed by atoms with Crippen molar-refractivity contribution in [3.8, 4) is 0 Å². The molecule has 0 bridgehead atoms. The van der Waals surface area contributed by atoms with Gasteiger partial charge in [-0.05, 0) is 12.3 Å². The van der Waals surface area contributed by atoms with Gasteiger partial charge in [-0.1, -0.05) is 47.5 Å². The van der Waals surface area contributed by atoms with Crippen LogP contribution < -0.4 is 5.32 Å². The first-order valence-electron chi connectivity index (χ1n) is 5.34. The van der Waals surface area contributed by atoms with Gasteiger partial charge in [-0.15, -0.1) is 0 Å². The molecule has 0 radical (unpaired) electrons. The lowest BCUT2D eigenvalue weighted by atomic mass is 9.98. The average Bonchev–Trinajstić information content (AvgIpc) is 1.96. The molecule has 0 spiro atoms. The Morgan fingerprint density at radius 2 is 1.67 bits per heavy atom. The predicted octanol–water partition coefficient (Wildman–Crippen LogP) is 3.20. The van der Waals surface area contributed by atoms with Crippen LogP contribution in [0, 0.1) is 5.92 Å². The summed E-state index contributed by atoms with van der Waals surface area (Å²) in [4.78, 5) is 0. The number of hydrogen-bond donors (Lipinski definition) is 1. The lowest BCUT2D eigenvalue weighted by Gasteiger charge is -2.24. The molecule has 1 nitrogen and oxygen atoms in total. The Kier molecular flexibility index (Phi) is 6.45. The molecule has 12 heavy (non-hydrogen) atoms. The normalized spacial score (nSPS) is 14.2. The van der Waals surface area contributed by atoms with E-state index in [0.717, 1.165) is 5.92 Å². The van der Waals surface area contributed by atoms with Gasteiger partial charge in [0, 0.05) is 12.1 Å². The van der Waals surface area contributed by atoms with Crippen molar-refractivity contribution in [2.24, 2.45) is 5.92 Å². The Labute approximate surface area is 77.9 Å². The summed E-state index contributed by atoms with van der Waals surface area (Å²) in [6, 6.07) is 1.33. The van der Waals surface area contributed by atoms with Crippen LogP contribution in [-0.2, 0) is 0 Å². The highest BCUT2D eigenvalue weighted by atomic mass is 14.9. The Hall–Kier alpha value is -0.0400. The second-order valence-electron chi connectivity index (χ2n) is 4.31. The minimum atomic E-state index is 0.620. The van der Waals surface area contributed by atoms with Gasteiger partial charge >= 0.3 is 0 Å². The summed E-state index contributed by atoms with van der Waals surface area (Å²) >= 11 is 0. The first-order chi connectivity index (χ1) is 5.57. The molecule has 0 aliphatic carbocycles. The first kappa shape index (κ1) is 12.0. The zero-order valence-corrected chi connectivity index (χ0v) is 9.35. The third-order valence-corrected chi connectivity index (χ3v) is 2.22. The molecule has 0 unspecified atom stereocenters. The van der Waals surface area contributed by atoms with Crippen LogP contribution in [0.2, 0.25) is 0 Å². The Balaban J connectivity index is 3.70. The highest BCUT2D eigenvalue weighted by molar-refractivity contribution is 4.72. The third kappa shape index (κ3) is 5.59. The van der Waals surface area contributed by atoms with Crippen molar-refractivity contribution in [3.05, 3.63) is 0 Å². The molecule has 0 aromatic rings. The van der Waals surface area contributed by atoms with Crippen molar-refractivity contribution in [1.82, 2.24) is 5.32 Å². The van der Waals surface area contributed by atoms with E-state index in [1.807, 2.05) is 0 Å². The summed E-state index contributed by atoms with van der Waals surface area (Å²) in [5, 5.41) is 3.61. The minimum Gasteiger partial charge on any atom is -0.312 e. The number of nitrogens with one attached hydrogen (secondary N) is 1. The van der Waals surface area contributed by atoms with Crippen LogP contribution in [0.3, 0.4) is 0 Å². The van der Waals surface area contributed by atoms with Gasteiger partial charge < -0.3 is 5.32 Å². The minimum absolute atomic E-state index is 0.620. The van der Waals surface area contributed by atoms with Crippen LogP contribution in [0.15, 0.2) is 0 Å². The molecular formula is C11H25N. The molecule has 74 valence electrons. The third-order valence-electron chi connectivity index (χ3n) is 2.22. The Morgan fingerprint density at radius 1 is 1.08 bits per heavy atom. The summed E-state index contributed by atoms with van der Waals surface area (Å²) in [6.45, 7) is 11.3. The van der Waals surface area contributed by atoms with E-state index in [2.05, 4.69) is 39.9 Å². The van der Waals surface area contributed by atoms with Gasteiger partial charge in [0.15, 0.2) is 0 Å². The van der Waals surface area contributed by atoms with E-state index in [0.29, 0.717) is 12.1 Å². The summed E-state index contributed by atoms with van der Waals surface area (Å²) in [5.74, 6) is 0.763. The smallest absolute Gasteiger partial charge is 0.00924 e. The fourth-order valence-electron chi connectivity index (χ4n) is 1.46. The van der Waals surface area contributed by atoms with Gasteiger partial charge in [0.2, 0.25) is 0 Å². The number of unbranched alkanes of at least 4 members (excludes halogenated alkanes) is 1. The predicted molar refractivity (Wildman–Crippen MR) is 56.4 cm³/mol. The van der Waals surface area contributed by atoms with Gasteiger partial charge in [-0.25, -0.2) is 0 Å². The van der Waals surface area contributed by atoms with E-state index >= 15 is 0 Å². The molecule has 0 aliphatic heterocycles. The lowest BCUT2D eigenvalue weighted by Crippen LogP contribution is -2.38. The summed E-state index contributed by atoms with van der Waals surface area (Å²) in [7, 11) is 0. The standard InChI is InChI=1S/C11H25N/c1-6-7-8-11(9(2)3)12-10(4)5/h9-12H,6-8H2,1-5H3/t11-/m0/s1. The highest BCUT2D eigenvalue weighted by Crippen LogP contribution is 2.10. The molecule has 0 heterocycles. The van der Waals surface area contributed by atoms with Crippen LogP contribution in [0.25, 0.3) is 0 Å². The molecule has 0 aromatic carbocycles. The number of rotatable bonds is 6. The molecule has 0 saturated heterocycles. The van der Waals surface area contributed by atoms with Gasteiger partial charge in [0.05, 0.1) is 0 Å². The lowest BCUT2D eigenvalue weighted by molar-refractivity contribution is 0.344. The van der Waals surface area contributed by atoms with E-state index in [1.165, 1.54) is 19.3 Å². The number of hydrogen-bond acceptors (Lipinski definition) is 1. The van der Waals surface area contributed by atoms with Gasteiger partial charge in [-0.2, -0.15) is 0 Å². The molecule has 0 aromatic heterocycles. The summed E-state index contributed by atoms with van der Waals surface area (Å²) < 4.78 is 0. The van der Waals surface area contributed by atoms with Crippen LogP contribution in [0.5, 0.6) is 0 Å². The first-order valence-corrected chi connectivity index (χ1v) is 5.34. The molecule has 0 amide bonds. The molecule has 1 atom stereocenters. The maximum atomic E-state index is 3.61. The average molecular weight is 171 g/mol. The molecular weight excluding hydrogens is 146 g/mol. The zero-order valence-electron chi connectivity index (χ0n) is 9.35. The highest BCUT2D eigenvalue weighted by Gasteiger charge is 2.12. The summed E-state index contributed by atoms with van der Waals surface area (Å²) in [6.07, 6.45) is 3.98. The molecule has 0 aliphatic rings. The molecule has 1 N–H and O–H groups in total. The van der Waals surface area contributed by atoms with Crippen molar-refractivity contribution in [2.75, 3.05) is 0 Å². The topological polar surface area (TPSA) is 12.0 Å². The van der Waals surface area contributed by atoms with E-state index in [9.17, 15) is 0 Å². The summed E-state index contributed by atoms with van der Waals surface area (Å²) in [5.41, 5.74) is 0. The van der Waals surface area contributed by atoms with Crippen molar-refractivity contribution in [1.29, 1.82) is 0 Å². The SMILES string of the molecule is CCCC[C@H](NC(C)C)C(C)C. The van der Waals surface area contributed by atoms with Crippen LogP contribution in [-0.4, -0.2) is 12.1 Å². The van der Waals surface area contributed by atoms with Crippen LogP contribution >= 0.6 is 0 Å². The maximum absolute atomic E-state index is 3.61. The van der Waals surface area contributed by atoms with E-state index < -0.39 is 0 Å². The molecule has 0 saturated carbocycles. The van der Waals surface area contributed by atoms with Crippen molar-refractivity contribution in [2.45, 2.75) is 66.0 Å². The quantitative estimate of drug-likeness (QED) is 0.647. The molecule has 1 heteroatoms. The van der Waals surface area contributed by atoms with Gasteiger partial charge in [-0.3, -0.25) is 0 Å². The second-order valence-corrected chi connectivity index (χ2v) is 4.31. The zero-order chi connectivity index (χ0) is 9.56. The second kappa shape index (κ2) is 6.47. The fraction of sp³-hybridized carbons (Fsp3) is 1.00. The Bertz CT molecular complexity index is 97.2. The maximum Gasteiger partial charge on any atom is 0.00924 e. The van der Waals surface area contributed by atoms with E-state index in [4.69, 9.17) is 0 Å². The molecule has 0 rings (SSSR count). The van der Waals surface area contributed by atoms with Crippen molar-refractivity contribution in [3.63, 3.8) is 0 Å². The fourth-order valence-corrected chi connectivity index (χ4v) is 1.46. The molecule has 0 fully saturated rings. The monoisotopic (exact) mass is 171 g/mol. The van der Waals surface area contributed by atoms with Crippen molar-refractivity contribution >= 4 is 0 Å². The van der Waals surface area contributed by atoms with E-state index in [-0.39, 0.29) is 0 Å². The largest absolute Gasteiger partial charge is 0.312 e. The van der Waals surface area contributed by atoms with Crippen LogP contribution in [0.1, 0.15) is 53.9 Å². The Morgan fingerprint density at radius 3 is 2.00 bits per heavy atom. The van der Waals surface area contributed by atoms with Crippen LogP contribution in [0.4, 0.5) is 0 Å². The van der Waals surface area contributed by atoms with Gasteiger partial charge in [0.25, 0.3) is 0 Å². The van der Waals surface area contributed by atoms with Crippen molar-refractivity contribution < 1.29 is 0 Å². The van der Waals surface area contributed by atoms with E-state index in [1.54, 1.807) is 0 Å². The van der Waals surface area contributed by atoms with Gasteiger partial charge in [0.1, 0.15) is 0 Å².